The average Bonchev–Trinajstić information content (AvgIpc) is 1.62. The lowest BCUT2D eigenvalue weighted by molar-refractivity contribution is 0.237. The second kappa shape index (κ2) is 2.22. The molecule has 0 aliphatic rings. The van der Waals surface area contributed by atoms with Gasteiger partial charge in [0.15, 0.2) is 0 Å². The molecule has 9 heavy (non-hydrogen) atoms. The van der Waals surface area contributed by atoms with E-state index in [1.807, 2.05) is 0 Å². The minimum absolute atomic E-state index is 0.465. The van der Waals surface area contributed by atoms with E-state index in [0.717, 1.165) is 13.3 Å². The maximum Gasteiger partial charge on any atom is 0.328 e. The fraction of sp³-hybridized carbons (Fsp3) is 0.667. The second-order valence-corrected chi connectivity index (χ2v) is 3.58. The highest BCUT2D eigenvalue weighted by atomic mass is 32.2. The molecule has 54 valence electrons. The molecule has 2 amide bonds. The lowest BCUT2D eigenvalue weighted by atomic mass is 11.0. The Morgan fingerprint density at radius 3 is 1.89 bits per heavy atom. The van der Waals surface area contributed by atoms with Crippen molar-refractivity contribution in [2.45, 2.75) is 0 Å². The van der Waals surface area contributed by atoms with Crippen LogP contribution in [0.4, 0.5) is 4.79 Å². The van der Waals surface area contributed by atoms with Gasteiger partial charge in [0.2, 0.25) is 10.0 Å². The number of sulfonamides is 1. The summed E-state index contributed by atoms with van der Waals surface area (Å²) in [6.45, 7) is 0. The third kappa shape index (κ3) is 2.31. The van der Waals surface area contributed by atoms with Gasteiger partial charge in [-0.2, -0.15) is 0 Å². The summed E-state index contributed by atoms with van der Waals surface area (Å²) in [4.78, 5) is 10.1. The van der Waals surface area contributed by atoms with Crippen LogP contribution in [0.25, 0.3) is 0 Å². The smallest absolute Gasteiger partial charge is 0.328 e. The van der Waals surface area contributed by atoms with Gasteiger partial charge in [-0.15, -0.1) is 0 Å². The summed E-state index contributed by atoms with van der Waals surface area (Å²) >= 11 is 0. The van der Waals surface area contributed by atoms with Gasteiger partial charge in [0.05, 0.1) is 6.26 Å². The Labute approximate surface area is 53.5 Å². The molecule has 0 aromatic rings. The van der Waals surface area contributed by atoms with Crippen LogP contribution in [-0.4, -0.2) is 32.1 Å². The first-order chi connectivity index (χ1) is 3.85. The Bertz CT molecular complexity index is 207. The summed E-state index contributed by atoms with van der Waals surface area (Å²) in [6.07, 6.45) is 0.901. The van der Waals surface area contributed by atoms with Crippen LogP contribution in [0.15, 0.2) is 0 Å². The highest BCUT2D eigenvalue weighted by Gasteiger charge is 2.13. The van der Waals surface area contributed by atoms with Gasteiger partial charge in [-0.05, 0) is 0 Å². The van der Waals surface area contributed by atoms with Gasteiger partial charge in [0.25, 0.3) is 0 Å². The zero-order valence-corrected chi connectivity index (χ0v) is 5.97. The topological polar surface area (TPSA) is 80.5 Å². The van der Waals surface area contributed by atoms with Crippen LogP contribution in [0.3, 0.4) is 0 Å². The molecule has 0 aliphatic heterocycles. The Hall–Kier alpha value is -0.780. The molecule has 0 unspecified atom stereocenters. The first-order valence-corrected chi connectivity index (χ1v) is 3.94. The van der Waals surface area contributed by atoms with E-state index in [0.29, 0.717) is 4.31 Å². The molecule has 0 fully saturated rings. The molecule has 0 saturated heterocycles. The van der Waals surface area contributed by atoms with Crippen molar-refractivity contribution in [1.82, 2.24) is 4.31 Å². The summed E-state index contributed by atoms with van der Waals surface area (Å²) in [5.41, 5.74) is 4.63. The van der Waals surface area contributed by atoms with Gasteiger partial charge in [-0.1, -0.05) is 0 Å². The molecule has 0 bridgehead atoms. The third-order valence-corrected chi connectivity index (χ3v) is 1.98. The van der Waals surface area contributed by atoms with Crippen LogP contribution in [0.5, 0.6) is 0 Å². The normalized spacial score (nSPS) is 10.9. The predicted molar refractivity (Wildman–Crippen MR) is 32.2 cm³/mol. The predicted octanol–water partition coefficient (Wildman–Crippen LogP) is -1.04. The molecule has 2 N–H and O–H groups in total. The van der Waals surface area contributed by atoms with E-state index in [1.165, 1.54) is 0 Å². The number of carbonyl (C=O) groups excluding carboxylic acids is 1. The Morgan fingerprint density at radius 1 is 1.56 bits per heavy atom. The molecule has 6 heteroatoms. The van der Waals surface area contributed by atoms with E-state index < -0.39 is 16.1 Å². The lowest BCUT2D eigenvalue weighted by Crippen LogP contribution is -2.36. The van der Waals surface area contributed by atoms with Gasteiger partial charge in [-0.3, -0.25) is 0 Å². The number of nitrogens with zero attached hydrogens (tertiary/aromatic N) is 1. The van der Waals surface area contributed by atoms with Crippen LogP contribution >= 0.6 is 0 Å². The van der Waals surface area contributed by atoms with Crippen LogP contribution in [0.1, 0.15) is 0 Å². The minimum atomic E-state index is -3.44. The summed E-state index contributed by atoms with van der Waals surface area (Å²) < 4.78 is 21.3. The van der Waals surface area contributed by atoms with Crippen LogP contribution in [0.2, 0.25) is 0 Å². The van der Waals surface area contributed by atoms with Crippen molar-refractivity contribution >= 4 is 16.1 Å². The largest absolute Gasteiger partial charge is 0.351 e. The summed E-state index contributed by atoms with van der Waals surface area (Å²) in [6, 6.07) is -0.975. The van der Waals surface area contributed by atoms with Crippen molar-refractivity contribution in [2.24, 2.45) is 5.73 Å². The fourth-order valence-corrected chi connectivity index (χ4v) is 0.490. The number of nitrogens with two attached hydrogens (primary N) is 1. The fourth-order valence-electron chi connectivity index (χ4n) is 0.163. The molecule has 0 atom stereocenters. The van der Waals surface area contributed by atoms with Gasteiger partial charge in [0, 0.05) is 7.05 Å². The first kappa shape index (κ1) is 8.22. The van der Waals surface area contributed by atoms with E-state index in [9.17, 15) is 13.2 Å². The summed E-state index contributed by atoms with van der Waals surface area (Å²) in [5.74, 6) is 0. The third-order valence-electron chi connectivity index (χ3n) is 0.808. The van der Waals surface area contributed by atoms with E-state index in [1.54, 1.807) is 0 Å². The van der Waals surface area contributed by atoms with E-state index in [2.05, 4.69) is 5.73 Å². The summed E-state index contributed by atoms with van der Waals surface area (Å²) in [7, 11) is -2.35. The van der Waals surface area contributed by atoms with Crippen molar-refractivity contribution in [2.75, 3.05) is 13.3 Å². The second-order valence-electron chi connectivity index (χ2n) is 1.57. The molecule has 0 radical (unpaired) electrons. The highest BCUT2D eigenvalue weighted by Crippen LogP contribution is 1.89. The quantitative estimate of drug-likeness (QED) is 0.521. The van der Waals surface area contributed by atoms with E-state index >= 15 is 0 Å². The zero-order chi connectivity index (χ0) is 7.65. The molecule has 5 nitrogen and oxygen atoms in total. The molecule has 0 aliphatic carbocycles. The minimum Gasteiger partial charge on any atom is -0.351 e. The van der Waals surface area contributed by atoms with Crippen molar-refractivity contribution in [1.29, 1.82) is 0 Å². The zero-order valence-electron chi connectivity index (χ0n) is 5.16. The highest BCUT2D eigenvalue weighted by molar-refractivity contribution is 7.88. The van der Waals surface area contributed by atoms with Crippen LogP contribution < -0.4 is 5.73 Å². The molecule has 0 saturated carbocycles. The maximum absolute atomic E-state index is 10.4. The SMILES string of the molecule is CN(C(N)=O)S(C)(=O)=O. The Balaban J connectivity index is 4.43. The molecule has 0 aromatic heterocycles. The lowest BCUT2D eigenvalue weighted by Gasteiger charge is -2.09. The van der Waals surface area contributed by atoms with Crippen molar-refractivity contribution in [3.8, 4) is 0 Å². The van der Waals surface area contributed by atoms with Crippen LogP contribution in [-0.2, 0) is 10.0 Å². The molecular formula is C3H8N2O3S. The van der Waals surface area contributed by atoms with Crippen molar-refractivity contribution in [3.63, 3.8) is 0 Å². The van der Waals surface area contributed by atoms with Gasteiger partial charge < -0.3 is 5.73 Å². The van der Waals surface area contributed by atoms with Gasteiger partial charge in [-0.25, -0.2) is 17.5 Å². The first-order valence-electron chi connectivity index (χ1n) is 2.09. The molecule has 0 heterocycles. The monoisotopic (exact) mass is 152 g/mol. The standard InChI is InChI=1S/C3H8N2O3S/c1-5(3(4)6)9(2,7)8/h1-2H3,(H2,4,6). The maximum atomic E-state index is 10.4. The Morgan fingerprint density at radius 2 is 1.89 bits per heavy atom. The van der Waals surface area contributed by atoms with E-state index in [4.69, 9.17) is 0 Å². The number of hydrogen-bond acceptors (Lipinski definition) is 3. The molecule has 0 spiro atoms. The van der Waals surface area contributed by atoms with E-state index in [-0.39, 0.29) is 0 Å². The number of rotatable bonds is 1. The van der Waals surface area contributed by atoms with Crippen molar-refractivity contribution in [3.05, 3.63) is 0 Å². The van der Waals surface area contributed by atoms with Crippen LogP contribution in [0, 0.1) is 0 Å². The summed E-state index contributed by atoms with van der Waals surface area (Å²) in [5, 5.41) is 0. The number of carbonyl (C=O) groups is 1. The number of urea groups is 1. The van der Waals surface area contributed by atoms with Gasteiger partial charge in [0.1, 0.15) is 0 Å². The number of hydrogen-bond donors (Lipinski definition) is 1. The molecular weight excluding hydrogens is 144 g/mol. The average molecular weight is 152 g/mol. The van der Waals surface area contributed by atoms with Crippen molar-refractivity contribution < 1.29 is 13.2 Å². The number of amides is 2. The number of primary amides is 1. The molecule has 0 aromatic carbocycles. The Kier molecular flexibility index (Phi) is 2.03. The molecule has 0 rings (SSSR count). The van der Waals surface area contributed by atoms with Gasteiger partial charge >= 0.3 is 6.03 Å².